The van der Waals surface area contributed by atoms with Gasteiger partial charge in [0.15, 0.2) is 18.0 Å². The van der Waals surface area contributed by atoms with Crippen molar-refractivity contribution >= 4 is 17.9 Å². The van der Waals surface area contributed by atoms with E-state index in [1.165, 1.54) is 6.92 Å². The van der Waals surface area contributed by atoms with E-state index in [-0.39, 0.29) is 37.2 Å². The van der Waals surface area contributed by atoms with E-state index in [4.69, 9.17) is 28.4 Å². The van der Waals surface area contributed by atoms with Crippen LogP contribution >= 0.6 is 0 Å². The highest BCUT2D eigenvalue weighted by atomic mass is 16.7. The molecule has 1 saturated heterocycles. The molecular weight excluding hydrogens is 724 g/mol. The lowest BCUT2D eigenvalue weighted by molar-refractivity contribution is -0.363. The molecule has 1 aromatic carbocycles. The zero-order valence-corrected chi connectivity index (χ0v) is 34.8. The molecule has 56 heavy (non-hydrogen) atoms. The molecule has 1 aliphatic heterocycles. The van der Waals surface area contributed by atoms with Crippen molar-refractivity contribution in [3.8, 4) is 0 Å². The van der Waals surface area contributed by atoms with E-state index < -0.39 is 94.3 Å². The molecular formula is C43H64O13. The Bertz CT molecular complexity index is 1600. The fraction of sp³-hybridized carbons (Fsp3) is 0.698. The highest BCUT2D eigenvalue weighted by Gasteiger charge is 2.77. The van der Waals surface area contributed by atoms with Crippen LogP contribution in [0.25, 0.3) is 0 Å². The Balaban J connectivity index is 0.000000908. The summed E-state index contributed by atoms with van der Waals surface area (Å²) >= 11 is 0. The van der Waals surface area contributed by atoms with Gasteiger partial charge in [-0.05, 0) is 49.0 Å². The maximum absolute atomic E-state index is 14.0. The molecule has 314 valence electrons. The Kier molecular flexibility index (Phi) is 14.1. The third-order valence-corrected chi connectivity index (χ3v) is 13.0. The van der Waals surface area contributed by atoms with Crippen molar-refractivity contribution in [3.05, 3.63) is 59.7 Å². The van der Waals surface area contributed by atoms with Gasteiger partial charge in [0.2, 0.25) is 0 Å². The van der Waals surface area contributed by atoms with Crippen molar-refractivity contribution in [2.75, 3.05) is 20.8 Å². The zero-order valence-electron chi connectivity index (χ0n) is 34.8. The quantitative estimate of drug-likeness (QED) is 0.106. The van der Waals surface area contributed by atoms with E-state index in [1.807, 2.05) is 13.8 Å². The second-order valence-electron chi connectivity index (χ2n) is 17.3. The lowest BCUT2D eigenvalue weighted by atomic mass is 9.43. The molecule has 4 aliphatic rings. The van der Waals surface area contributed by atoms with E-state index in [1.54, 1.807) is 92.2 Å². The van der Waals surface area contributed by atoms with Crippen molar-refractivity contribution in [2.45, 2.75) is 136 Å². The van der Waals surface area contributed by atoms with E-state index in [2.05, 4.69) is 6.58 Å². The number of fused-ring (bicyclic) bond motifs is 5. The van der Waals surface area contributed by atoms with Crippen LogP contribution in [0.4, 0.5) is 0 Å². The summed E-state index contributed by atoms with van der Waals surface area (Å²) in [5, 5.41) is 48.7. The van der Waals surface area contributed by atoms with Gasteiger partial charge in [-0.2, -0.15) is 0 Å². The molecule has 0 aromatic heterocycles. The first-order valence-corrected chi connectivity index (χ1v) is 19.5. The Hall–Kier alpha value is -3.17. The second-order valence-corrected chi connectivity index (χ2v) is 17.3. The number of methoxy groups -OCH3 is 2. The van der Waals surface area contributed by atoms with Crippen LogP contribution in [0.2, 0.25) is 0 Å². The van der Waals surface area contributed by atoms with Crippen molar-refractivity contribution < 1.29 is 63.2 Å². The molecule has 2 bridgehead atoms. The fourth-order valence-corrected chi connectivity index (χ4v) is 10.1. The van der Waals surface area contributed by atoms with Crippen molar-refractivity contribution in [1.82, 2.24) is 0 Å². The minimum Gasteiger partial charge on any atom is -0.456 e. The minimum absolute atomic E-state index is 0.0376. The molecule has 4 N–H and O–H groups in total. The molecule has 0 amide bonds. The van der Waals surface area contributed by atoms with Gasteiger partial charge in [-0.15, -0.1) is 0 Å². The van der Waals surface area contributed by atoms with Crippen molar-refractivity contribution in [3.63, 3.8) is 0 Å². The topological polar surface area (TPSA) is 188 Å². The summed E-state index contributed by atoms with van der Waals surface area (Å²) in [6, 6.07) is 8.25. The van der Waals surface area contributed by atoms with Crippen LogP contribution < -0.4 is 0 Å². The summed E-state index contributed by atoms with van der Waals surface area (Å²) in [6.45, 7) is 19.2. The third-order valence-electron chi connectivity index (χ3n) is 13.0. The van der Waals surface area contributed by atoms with Crippen LogP contribution in [0.15, 0.2) is 54.1 Å². The largest absolute Gasteiger partial charge is 0.456 e. The van der Waals surface area contributed by atoms with Crippen LogP contribution in [0.1, 0.15) is 91.9 Å². The molecule has 1 aromatic rings. The lowest BCUT2D eigenvalue weighted by Crippen LogP contribution is -2.81. The van der Waals surface area contributed by atoms with Crippen molar-refractivity contribution in [1.29, 1.82) is 0 Å². The number of esters is 3. The second kappa shape index (κ2) is 17.4. The van der Waals surface area contributed by atoms with Gasteiger partial charge < -0.3 is 48.8 Å². The van der Waals surface area contributed by atoms with E-state index in [0.717, 1.165) is 0 Å². The molecule has 0 spiro atoms. The average molecular weight is 789 g/mol. The van der Waals surface area contributed by atoms with Crippen LogP contribution in [-0.2, 0) is 38.0 Å². The summed E-state index contributed by atoms with van der Waals surface area (Å²) in [7, 11) is 3.13. The van der Waals surface area contributed by atoms with Gasteiger partial charge >= 0.3 is 17.9 Å². The van der Waals surface area contributed by atoms with Gasteiger partial charge in [0, 0.05) is 50.7 Å². The first-order valence-electron chi connectivity index (χ1n) is 19.5. The number of carbonyl (C=O) groups excluding carboxylic acids is 3. The standard InChI is InChI=1S/C38H54O11.C5H10O2/c1-19(2)15-20(3)29(41)34(44)47-25-17-38(45)32(48-33(43)24-13-11-10-12-14-24)30-36(9,31(42)22(5)28(21(25)4)35(38,7)8)26(40)16-27-37(30,18-46-27)49-23(6)39;1-4-5(6-2)7-3/h10-14,19-20,22,25-27,29-32,40-42,45H,15-18H2,1-9H3;4-5H,1H2,2-3H3/t20-,22-,25-,26-,27+,29?,30-,31-,32-,36+,37-,38+;/m0./s1. The predicted octanol–water partition coefficient (Wildman–Crippen LogP) is 4.53. The number of carbonyl (C=O) groups is 3. The van der Waals surface area contributed by atoms with Gasteiger partial charge in [0.05, 0.1) is 30.3 Å². The Morgan fingerprint density at radius 1 is 1.04 bits per heavy atom. The summed E-state index contributed by atoms with van der Waals surface area (Å²) in [5.41, 5.74) is -4.82. The molecule has 2 saturated carbocycles. The smallest absolute Gasteiger partial charge is 0.338 e. The summed E-state index contributed by atoms with van der Waals surface area (Å²) in [6.07, 6.45) is -5.60. The number of aliphatic hydroxyl groups is 4. The number of ether oxygens (including phenoxy) is 6. The monoisotopic (exact) mass is 788 g/mol. The Morgan fingerprint density at radius 2 is 1.64 bits per heavy atom. The van der Waals surface area contributed by atoms with Crippen LogP contribution in [0, 0.1) is 34.5 Å². The highest BCUT2D eigenvalue weighted by molar-refractivity contribution is 5.89. The van der Waals surface area contributed by atoms with Gasteiger partial charge in [-0.25, -0.2) is 9.59 Å². The van der Waals surface area contributed by atoms with E-state index in [9.17, 15) is 34.8 Å². The Morgan fingerprint density at radius 3 is 2.12 bits per heavy atom. The van der Waals surface area contributed by atoms with Crippen LogP contribution in [0.3, 0.4) is 0 Å². The number of benzene rings is 1. The molecule has 13 heteroatoms. The molecule has 1 unspecified atom stereocenters. The van der Waals surface area contributed by atoms with E-state index in [0.29, 0.717) is 17.6 Å². The number of rotatable bonds is 11. The van der Waals surface area contributed by atoms with Gasteiger partial charge in [0.25, 0.3) is 0 Å². The van der Waals surface area contributed by atoms with Gasteiger partial charge in [-0.1, -0.05) is 78.8 Å². The molecule has 0 radical (unpaired) electrons. The predicted molar refractivity (Wildman–Crippen MR) is 206 cm³/mol. The first-order chi connectivity index (χ1) is 26.1. The number of hydrogen-bond acceptors (Lipinski definition) is 13. The molecule has 3 fully saturated rings. The molecule has 5 rings (SSSR count). The first kappa shape index (κ1) is 45.5. The summed E-state index contributed by atoms with van der Waals surface area (Å²) in [4.78, 5) is 40.3. The SMILES string of the molecule is C=CC(OC)OC.CC(=O)O[C@@]12CO[C@@H]1C[C@H](O)[C@]1(C)[C@@H]2[C@H](OC(=O)c2ccccc2)[C@]2(O)C[C@H](OC(=O)C(O)[C@@H](C)CC(C)C)C(C)=C([C@H](C)[C@@H]1O)C2(C)C. The molecule has 12 atom stereocenters. The molecule has 3 aliphatic carbocycles. The summed E-state index contributed by atoms with van der Waals surface area (Å²) < 4.78 is 33.8. The van der Waals surface area contributed by atoms with Crippen LogP contribution in [0.5, 0.6) is 0 Å². The zero-order chi connectivity index (χ0) is 42.1. The number of aliphatic hydroxyl groups excluding tert-OH is 3. The average Bonchev–Trinajstić information content (AvgIpc) is 3.13. The lowest BCUT2D eigenvalue weighted by Gasteiger charge is -2.69. The van der Waals surface area contributed by atoms with E-state index >= 15 is 0 Å². The molecule has 13 nitrogen and oxygen atoms in total. The van der Waals surface area contributed by atoms with Gasteiger partial charge in [0.1, 0.15) is 23.9 Å². The molecule has 1 heterocycles. The maximum Gasteiger partial charge on any atom is 0.338 e. The third kappa shape index (κ3) is 7.97. The van der Waals surface area contributed by atoms with Gasteiger partial charge in [-0.3, -0.25) is 4.79 Å². The Labute approximate surface area is 331 Å². The normalized spacial score (nSPS) is 35.6. The maximum atomic E-state index is 14.0. The summed E-state index contributed by atoms with van der Waals surface area (Å²) in [5.74, 6) is -4.29. The van der Waals surface area contributed by atoms with Crippen LogP contribution in [-0.4, -0.2) is 113 Å². The van der Waals surface area contributed by atoms with Crippen molar-refractivity contribution in [2.24, 2.45) is 34.5 Å². The number of hydrogen-bond donors (Lipinski definition) is 4. The highest BCUT2D eigenvalue weighted by Crippen LogP contribution is 2.66. The minimum atomic E-state index is -2.02. The fourth-order valence-electron chi connectivity index (χ4n) is 10.1.